The van der Waals surface area contributed by atoms with Gasteiger partial charge >= 0.3 is 6.18 Å². The predicted octanol–water partition coefficient (Wildman–Crippen LogP) is 3.66. The second-order valence-corrected chi connectivity index (χ2v) is 4.85. The van der Waals surface area contributed by atoms with Crippen LogP contribution >= 0.6 is 11.5 Å². The summed E-state index contributed by atoms with van der Waals surface area (Å²) in [6.45, 7) is 2.11. The lowest BCUT2D eigenvalue weighted by atomic mass is 10.1. The van der Waals surface area contributed by atoms with E-state index in [1.54, 1.807) is 6.07 Å². The first kappa shape index (κ1) is 13.7. The van der Waals surface area contributed by atoms with Gasteiger partial charge < -0.3 is 11.1 Å². The average molecular weight is 287 g/mol. The largest absolute Gasteiger partial charge is 0.416 e. The molecule has 0 unspecified atom stereocenters. The average Bonchev–Trinajstić information content (AvgIpc) is 2.67. The van der Waals surface area contributed by atoms with Gasteiger partial charge in [0.1, 0.15) is 10.8 Å². The number of nitrogens with two attached hydrogens (primary N) is 1. The fourth-order valence-electron chi connectivity index (χ4n) is 1.55. The summed E-state index contributed by atoms with van der Waals surface area (Å²) >= 11 is 1.20. The van der Waals surface area contributed by atoms with Gasteiger partial charge in [-0.3, -0.25) is 0 Å². The summed E-state index contributed by atoms with van der Waals surface area (Å²) in [4.78, 5) is 0. The van der Waals surface area contributed by atoms with Gasteiger partial charge in [0.2, 0.25) is 0 Å². The van der Waals surface area contributed by atoms with Crippen LogP contribution in [0.15, 0.2) is 24.3 Å². The molecule has 102 valence electrons. The summed E-state index contributed by atoms with van der Waals surface area (Å²) in [5, 5.41) is 3.81. The van der Waals surface area contributed by atoms with Gasteiger partial charge in [0, 0.05) is 12.1 Å². The van der Waals surface area contributed by atoms with Crippen molar-refractivity contribution in [2.24, 2.45) is 0 Å². The van der Waals surface area contributed by atoms with Crippen LogP contribution in [-0.2, 0) is 12.7 Å². The van der Waals surface area contributed by atoms with Crippen molar-refractivity contribution in [1.29, 1.82) is 0 Å². The van der Waals surface area contributed by atoms with Crippen molar-refractivity contribution in [2.75, 3.05) is 11.1 Å². The van der Waals surface area contributed by atoms with E-state index in [0.717, 1.165) is 22.7 Å². The van der Waals surface area contributed by atoms with Crippen molar-refractivity contribution >= 4 is 22.4 Å². The molecule has 0 aliphatic rings. The molecule has 0 aliphatic carbocycles. The summed E-state index contributed by atoms with van der Waals surface area (Å²) in [6.07, 6.45) is -4.32. The lowest BCUT2D eigenvalue weighted by Crippen LogP contribution is -2.06. The second kappa shape index (κ2) is 5.08. The smallest absolute Gasteiger partial charge is 0.383 e. The summed E-state index contributed by atoms with van der Waals surface area (Å²) in [5.74, 6) is 0.441. The number of rotatable bonds is 3. The van der Waals surface area contributed by atoms with Crippen LogP contribution in [0, 0.1) is 6.92 Å². The Hall–Kier alpha value is -1.76. The molecule has 1 aromatic heterocycles. The van der Waals surface area contributed by atoms with Gasteiger partial charge in [0.05, 0.1) is 5.56 Å². The molecule has 0 fully saturated rings. The molecule has 1 heterocycles. The standard InChI is InChI=1S/C12H12F3N3S/c1-7-10(16)18-19-11(7)17-6-8-3-2-4-9(5-8)12(13,14)15/h2-5,17H,6H2,1H3,(H2,16,18). The molecule has 0 radical (unpaired) electrons. The van der Waals surface area contributed by atoms with E-state index in [0.29, 0.717) is 17.9 Å². The van der Waals surface area contributed by atoms with E-state index in [2.05, 4.69) is 9.69 Å². The minimum Gasteiger partial charge on any atom is -0.383 e. The molecule has 2 rings (SSSR count). The molecule has 2 aromatic rings. The van der Waals surface area contributed by atoms with E-state index in [-0.39, 0.29) is 0 Å². The van der Waals surface area contributed by atoms with E-state index in [4.69, 9.17) is 5.73 Å². The molecule has 3 N–H and O–H groups in total. The molecule has 0 spiro atoms. The van der Waals surface area contributed by atoms with Crippen LogP contribution in [0.2, 0.25) is 0 Å². The predicted molar refractivity (Wildman–Crippen MR) is 70.0 cm³/mol. The zero-order chi connectivity index (χ0) is 14.0. The van der Waals surface area contributed by atoms with Crippen LogP contribution < -0.4 is 11.1 Å². The van der Waals surface area contributed by atoms with Crippen molar-refractivity contribution in [2.45, 2.75) is 19.6 Å². The number of nitrogen functional groups attached to an aromatic ring is 1. The maximum absolute atomic E-state index is 12.6. The van der Waals surface area contributed by atoms with Gasteiger partial charge in [0.15, 0.2) is 0 Å². The van der Waals surface area contributed by atoms with E-state index in [1.807, 2.05) is 6.92 Å². The summed E-state index contributed by atoms with van der Waals surface area (Å²) in [6, 6.07) is 5.22. The Bertz CT molecular complexity index is 578. The third-order valence-electron chi connectivity index (χ3n) is 2.67. The minimum absolute atomic E-state index is 0.298. The fraction of sp³-hybridized carbons (Fsp3) is 0.250. The SMILES string of the molecule is Cc1c(N)nsc1NCc1cccc(C(F)(F)F)c1. The zero-order valence-corrected chi connectivity index (χ0v) is 10.9. The Labute approximate surface area is 112 Å². The summed E-state index contributed by atoms with van der Waals surface area (Å²) in [7, 11) is 0. The molecule has 0 saturated heterocycles. The highest BCUT2D eigenvalue weighted by atomic mass is 32.1. The van der Waals surface area contributed by atoms with Gasteiger partial charge in [0.25, 0.3) is 0 Å². The minimum atomic E-state index is -4.32. The lowest BCUT2D eigenvalue weighted by molar-refractivity contribution is -0.137. The van der Waals surface area contributed by atoms with Gasteiger partial charge in [-0.2, -0.15) is 17.5 Å². The van der Waals surface area contributed by atoms with Crippen LogP contribution in [0.5, 0.6) is 0 Å². The fourth-order valence-corrected chi connectivity index (χ4v) is 2.26. The number of nitrogens with one attached hydrogen (secondary N) is 1. The Kier molecular flexibility index (Phi) is 3.66. The zero-order valence-electron chi connectivity index (χ0n) is 10.1. The third kappa shape index (κ3) is 3.17. The highest BCUT2D eigenvalue weighted by Crippen LogP contribution is 2.30. The second-order valence-electron chi connectivity index (χ2n) is 4.07. The highest BCUT2D eigenvalue weighted by molar-refractivity contribution is 7.10. The maximum Gasteiger partial charge on any atom is 0.416 e. The van der Waals surface area contributed by atoms with Crippen LogP contribution in [0.25, 0.3) is 0 Å². The maximum atomic E-state index is 12.6. The van der Waals surface area contributed by atoms with Gasteiger partial charge in [-0.05, 0) is 36.2 Å². The molecule has 19 heavy (non-hydrogen) atoms. The van der Waals surface area contributed by atoms with Crippen LogP contribution in [-0.4, -0.2) is 4.37 Å². The number of aromatic nitrogens is 1. The van der Waals surface area contributed by atoms with Crippen LogP contribution in [0.3, 0.4) is 0 Å². The summed E-state index contributed by atoms with van der Waals surface area (Å²) < 4.78 is 41.6. The lowest BCUT2D eigenvalue weighted by Gasteiger charge is -2.09. The molecule has 1 aromatic carbocycles. The first-order valence-electron chi connectivity index (χ1n) is 5.49. The quantitative estimate of drug-likeness (QED) is 0.905. The number of nitrogens with zero attached hydrogens (tertiary/aromatic N) is 1. The molecule has 0 atom stereocenters. The Morgan fingerprint density at radius 1 is 1.37 bits per heavy atom. The number of halogens is 3. The van der Waals surface area contributed by atoms with Crippen molar-refractivity contribution in [1.82, 2.24) is 4.37 Å². The molecular formula is C12H12F3N3S. The normalized spacial score (nSPS) is 11.6. The monoisotopic (exact) mass is 287 g/mol. The van der Waals surface area contributed by atoms with E-state index >= 15 is 0 Å². The van der Waals surface area contributed by atoms with Gasteiger partial charge in [-0.15, -0.1) is 0 Å². The van der Waals surface area contributed by atoms with Crippen molar-refractivity contribution in [3.05, 3.63) is 41.0 Å². The van der Waals surface area contributed by atoms with Crippen molar-refractivity contribution in [3.8, 4) is 0 Å². The first-order chi connectivity index (χ1) is 8.88. The van der Waals surface area contributed by atoms with E-state index in [1.165, 1.54) is 17.6 Å². The van der Waals surface area contributed by atoms with Crippen LogP contribution in [0.4, 0.5) is 24.0 Å². The molecule has 7 heteroatoms. The molecule has 0 saturated carbocycles. The number of hydrogen-bond acceptors (Lipinski definition) is 4. The molecule has 0 aliphatic heterocycles. The molecular weight excluding hydrogens is 275 g/mol. The summed E-state index contributed by atoms with van der Waals surface area (Å²) in [5.41, 5.74) is 6.33. The third-order valence-corrected chi connectivity index (χ3v) is 3.59. The van der Waals surface area contributed by atoms with Crippen molar-refractivity contribution in [3.63, 3.8) is 0 Å². The Morgan fingerprint density at radius 2 is 2.11 bits per heavy atom. The van der Waals surface area contributed by atoms with Crippen molar-refractivity contribution < 1.29 is 13.2 Å². The Balaban J connectivity index is 2.10. The van der Waals surface area contributed by atoms with Gasteiger partial charge in [-0.25, -0.2) is 0 Å². The Morgan fingerprint density at radius 3 is 2.68 bits per heavy atom. The van der Waals surface area contributed by atoms with Gasteiger partial charge in [-0.1, -0.05) is 12.1 Å². The number of benzene rings is 1. The topological polar surface area (TPSA) is 50.9 Å². The molecule has 3 nitrogen and oxygen atoms in total. The van der Waals surface area contributed by atoms with Crippen LogP contribution in [0.1, 0.15) is 16.7 Å². The number of anilines is 2. The molecule has 0 bridgehead atoms. The first-order valence-corrected chi connectivity index (χ1v) is 6.27. The highest BCUT2D eigenvalue weighted by Gasteiger charge is 2.30. The van der Waals surface area contributed by atoms with E-state index < -0.39 is 11.7 Å². The number of alkyl halides is 3. The molecule has 0 amide bonds. The number of hydrogen-bond donors (Lipinski definition) is 2. The van der Waals surface area contributed by atoms with E-state index in [9.17, 15) is 13.2 Å².